The quantitative estimate of drug-likeness (QED) is 0.835. The van der Waals surface area contributed by atoms with Gasteiger partial charge in [-0.25, -0.2) is 4.39 Å². The molecule has 0 spiro atoms. The summed E-state index contributed by atoms with van der Waals surface area (Å²) in [6.45, 7) is 9.93. The predicted octanol–water partition coefficient (Wildman–Crippen LogP) is 3.78. The molecule has 1 aromatic rings. The Morgan fingerprint density at radius 2 is 2.00 bits per heavy atom. The molecule has 2 nitrogen and oxygen atoms in total. The van der Waals surface area contributed by atoms with Crippen molar-refractivity contribution in [2.45, 2.75) is 46.6 Å². The Labute approximate surface area is 110 Å². The van der Waals surface area contributed by atoms with Crippen LogP contribution in [0.1, 0.15) is 50.8 Å². The van der Waals surface area contributed by atoms with E-state index in [-0.39, 0.29) is 11.9 Å². The van der Waals surface area contributed by atoms with E-state index in [4.69, 9.17) is 5.73 Å². The van der Waals surface area contributed by atoms with Gasteiger partial charge in [0.25, 0.3) is 0 Å². The van der Waals surface area contributed by atoms with E-state index in [9.17, 15) is 4.39 Å². The molecule has 0 unspecified atom stereocenters. The maximum atomic E-state index is 13.7. The van der Waals surface area contributed by atoms with Crippen LogP contribution in [-0.2, 0) is 0 Å². The van der Waals surface area contributed by atoms with Gasteiger partial charge in [0, 0.05) is 24.8 Å². The molecule has 0 fully saturated rings. The number of hydrogen-bond donors (Lipinski definition) is 1. The molecule has 0 saturated carbocycles. The molecule has 1 aromatic carbocycles. The highest BCUT2D eigenvalue weighted by molar-refractivity contribution is 5.57. The van der Waals surface area contributed by atoms with Gasteiger partial charge in [-0.15, -0.1) is 0 Å². The summed E-state index contributed by atoms with van der Waals surface area (Å²) in [5.41, 5.74) is 8.63. The van der Waals surface area contributed by atoms with Crippen LogP contribution in [-0.4, -0.2) is 13.1 Å². The third-order valence-corrected chi connectivity index (χ3v) is 3.30. The molecule has 0 amide bonds. The fourth-order valence-electron chi connectivity index (χ4n) is 2.12. The molecule has 1 rings (SSSR count). The third-order valence-electron chi connectivity index (χ3n) is 3.30. The lowest BCUT2D eigenvalue weighted by Crippen LogP contribution is -2.26. The molecule has 0 aliphatic rings. The maximum Gasteiger partial charge on any atom is 0.126 e. The molecule has 1 atom stereocenters. The highest BCUT2D eigenvalue weighted by Crippen LogP contribution is 2.28. The van der Waals surface area contributed by atoms with E-state index in [0.717, 1.165) is 37.2 Å². The second-order valence-electron chi connectivity index (χ2n) is 4.88. The van der Waals surface area contributed by atoms with Crippen molar-refractivity contribution < 1.29 is 4.39 Å². The Bertz CT molecular complexity index is 388. The van der Waals surface area contributed by atoms with E-state index in [1.807, 2.05) is 13.0 Å². The van der Waals surface area contributed by atoms with Crippen molar-refractivity contribution in [1.29, 1.82) is 0 Å². The minimum absolute atomic E-state index is 0.147. The highest BCUT2D eigenvalue weighted by atomic mass is 19.1. The van der Waals surface area contributed by atoms with Gasteiger partial charge >= 0.3 is 0 Å². The molecule has 0 heterocycles. The first-order chi connectivity index (χ1) is 8.51. The SMILES string of the molecule is CCCCN(CC)c1cc(C)c(F)cc1[C@@H](C)N. The van der Waals surface area contributed by atoms with Crippen molar-refractivity contribution in [2.75, 3.05) is 18.0 Å². The molecule has 0 radical (unpaired) electrons. The second-order valence-corrected chi connectivity index (χ2v) is 4.88. The van der Waals surface area contributed by atoms with Crippen LogP contribution in [0.15, 0.2) is 12.1 Å². The molecule has 0 aromatic heterocycles. The number of aryl methyl sites for hydroxylation is 1. The van der Waals surface area contributed by atoms with Crippen LogP contribution in [0.25, 0.3) is 0 Å². The lowest BCUT2D eigenvalue weighted by atomic mass is 10.0. The first-order valence-electron chi connectivity index (χ1n) is 6.81. The minimum Gasteiger partial charge on any atom is -0.372 e. The predicted molar refractivity (Wildman–Crippen MR) is 76.5 cm³/mol. The molecule has 102 valence electrons. The summed E-state index contributed by atoms with van der Waals surface area (Å²) in [5.74, 6) is -0.169. The summed E-state index contributed by atoms with van der Waals surface area (Å²) in [6.07, 6.45) is 2.30. The molecular formula is C15H25FN2. The molecule has 0 aliphatic heterocycles. The highest BCUT2D eigenvalue weighted by Gasteiger charge is 2.15. The van der Waals surface area contributed by atoms with Crippen molar-refractivity contribution in [3.05, 3.63) is 29.1 Å². The topological polar surface area (TPSA) is 29.3 Å². The lowest BCUT2D eigenvalue weighted by Gasteiger charge is -2.27. The van der Waals surface area contributed by atoms with E-state index in [2.05, 4.69) is 18.7 Å². The first-order valence-corrected chi connectivity index (χ1v) is 6.81. The van der Waals surface area contributed by atoms with E-state index < -0.39 is 0 Å². The zero-order chi connectivity index (χ0) is 13.7. The van der Waals surface area contributed by atoms with Crippen molar-refractivity contribution in [3.63, 3.8) is 0 Å². The molecule has 18 heavy (non-hydrogen) atoms. The van der Waals surface area contributed by atoms with Crippen LogP contribution >= 0.6 is 0 Å². The van der Waals surface area contributed by atoms with Crippen LogP contribution in [0.3, 0.4) is 0 Å². The zero-order valence-corrected chi connectivity index (χ0v) is 12.0. The van der Waals surface area contributed by atoms with E-state index in [0.29, 0.717) is 5.56 Å². The summed E-state index contributed by atoms with van der Waals surface area (Å²) in [7, 11) is 0. The lowest BCUT2D eigenvalue weighted by molar-refractivity contribution is 0.611. The van der Waals surface area contributed by atoms with Gasteiger partial charge < -0.3 is 10.6 Å². The third kappa shape index (κ3) is 3.45. The van der Waals surface area contributed by atoms with E-state index >= 15 is 0 Å². The van der Waals surface area contributed by atoms with E-state index in [1.54, 1.807) is 13.0 Å². The summed E-state index contributed by atoms with van der Waals surface area (Å²) in [4.78, 5) is 2.29. The van der Waals surface area contributed by atoms with Gasteiger partial charge in [0.2, 0.25) is 0 Å². The Hall–Kier alpha value is -1.09. The smallest absolute Gasteiger partial charge is 0.126 e. The summed E-state index contributed by atoms with van der Waals surface area (Å²) in [5, 5.41) is 0. The Morgan fingerprint density at radius 3 is 2.50 bits per heavy atom. The number of nitrogens with zero attached hydrogens (tertiary/aromatic N) is 1. The van der Waals surface area contributed by atoms with Gasteiger partial charge in [-0.2, -0.15) is 0 Å². The largest absolute Gasteiger partial charge is 0.372 e. The van der Waals surface area contributed by atoms with Crippen molar-refractivity contribution in [2.24, 2.45) is 5.73 Å². The molecule has 0 saturated heterocycles. The van der Waals surface area contributed by atoms with E-state index in [1.165, 1.54) is 0 Å². The monoisotopic (exact) mass is 252 g/mol. The van der Waals surface area contributed by atoms with Gasteiger partial charge in [-0.05, 0) is 50.5 Å². The van der Waals surface area contributed by atoms with Gasteiger partial charge in [0.15, 0.2) is 0 Å². The number of unbranched alkanes of at least 4 members (excludes halogenated alkanes) is 1. The molecular weight excluding hydrogens is 227 g/mol. The number of anilines is 1. The summed E-state index contributed by atoms with van der Waals surface area (Å²) >= 11 is 0. The number of nitrogens with two attached hydrogens (primary N) is 1. The summed E-state index contributed by atoms with van der Waals surface area (Å²) in [6, 6.07) is 3.36. The van der Waals surface area contributed by atoms with Gasteiger partial charge in [0.05, 0.1) is 0 Å². The molecule has 0 bridgehead atoms. The minimum atomic E-state index is -0.169. The molecule has 0 aliphatic carbocycles. The number of halogens is 1. The van der Waals surface area contributed by atoms with Crippen LogP contribution in [0, 0.1) is 12.7 Å². The van der Waals surface area contributed by atoms with Crippen molar-refractivity contribution in [3.8, 4) is 0 Å². The standard InChI is InChI=1S/C15H25FN2/c1-5-7-8-18(6-2)15-9-11(3)14(16)10-13(15)12(4)17/h9-10,12H,5-8,17H2,1-4H3/t12-/m1/s1. The first kappa shape index (κ1) is 15.0. The van der Waals surface area contributed by atoms with Crippen LogP contribution in [0.4, 0.5) is 10.1 Å². The van der Waals surface area contributed by atoms with Gasteiger partial charge in [-0.1, -0.05) is 13.3 Å². The summed E-state index contributed by atoms with van der Waals surface area (Å²) < 4.78 is 13.7. The van der Waals surface area contributed by atoms with Gasteiger partial charge in [-0.3, -0.25) is 0 Å². The average Bonchev–Trinajstić information content (AvgIpc) is 2.33. The molecule has 3 heteroatoms. The van der Waals surface area contributed by atoms with Crippen LogP contribution in [0.2, 0.25) is 0 Å². The Morgan fingerprint density at radius 1 is 1.33 bits per heavy atom. The van der Waals surface area contributed by atoms with Crippen molar-refractivity contribution >= 4 is 5.69 Å². The maximum absolute atomic E-state index is 13.7. The van der Waals surface area contributed by atoms with Gasteiger partial charge in [0.1, 0.15) is 5.82 Å². The van der Waals surface area contributed by atoms with Crippen molar-refractivity contribution in [1.82, 2.24) is 0 Å². The fraction of sp³-hybridized carbons (Fsp3) is 0.600. The fourth-order valence-corrected chi connectivity index (χ4v) is 2.12. The Balaban J connectivity index is 3.14. The van der Waals surface area contributed by atoms with Crippen LogP contribution in [0.5, 0.6) is 0 Å². The van der Waals surface area contributed by atoms with Crippen LogP contribution < -0.4 is 10.6 Å². The average molecular weight is 252 g/mol. The second kappa shape index (κ2) is 6.74. The Kier molecular flexibility index (Phi) is 5.60. The zero-order valence-electron chi connectivity index (χ0n) is 12.0. The molecule has 2 N–H and O–H groups in total. The number of benzene rings is 1. The number of hydrogen-bond acceptors (Lipinski definition) is 2. The normalized spacial score (nSPS) is 12.6. The number of rotatable bonds is 6.